The molecule has 0 spiro atoms. The van der Waals surface area contributed by atoms with E-state index in [1.165, 1.54) is 14.8 Å². The maximum Gasteiger partial charge on any atom is 0.191 e. The van der Waals surface area contributed by atoms with Gasteiger partial charge in [-0.3, -0.25) is 4.99 Å². The summed E-state index contributed by atoms with van der Waals surface area (Å²) in [5, 5.41) is 10.1. The van der Waals surface area contributed by atoms with Gasteiger partial charge in [0.1, 0.15) is 0 Å². The number of hydrogen-bond donors (Lipinski definition) is 2. The van der Waals surface area contributed by atoms with Crippen LogP contribution in [0.5, 0.6) is 0 Å². The highest BCUT2D eigenvalue weighted by atomic mass is 127. The number of rotatable bonds is 6. The number of guanidine groups is 1. The molecule has 0 fully saturated rings. The molecule has 0 unspecified atom stereocenters. The first-order valence-electron chi connectivity index (χ1n) is 7.84. The molecule has 2 N–H and O–H groups in total. The predicted octanol–water partition coefficient (Wildman–Crippen LogP) is 4.12. The third-order valence-electron chi connectivity index (χ3n) is 3.81. The van der Waals surface area contributed by atoms with Gasteiger partial charge in [0.05, 0.1) is 10.7 Å². The Hall–Kier alpha value is -0.670. The monoisotopic (exact) mass is 478 g/mol. The van der Waals surface area contributed by atoms with Crippen molar-refractivity contribution >= 4 is 52.6 Å². The van der Waals surface area contributed by atoms with Crippen molar-refractivity contribution in [2.45, 2.75) is 39.5 Å². The average Bonchev–Trinajstić information content (AvgIpc) is 3.14. The number of thiophene rings is 1. The molecule has 0 aliphatic carbocycles. The molecule has 0 saturated carbocycles. The lowest BCUT2D eigenvalue weighted by Crippen LogP contribution is -2.43. The molecule has 134 valence electrons. The van der Waals surface area contributed by atoms with E-state index >= 15 is 0 Å². The summed E-state index contributed by atoms with van der Waals surface area (Å²) in [4.78, 5) is 11.6. The molecular formula is C17H27IN4S2. The molecule has 0 radical (unpaired) electrons. The molecule has 0 amide bonds. The van der Waals surface area contributed by atoms with Crippen molar-refractivity contribution in [2.24, 2.45) is 4.99 Å². The lowest BCUT2D eigenvalue weighted by Gasteiger charge is -2.25. The van der Waals surface area contributed by atoms with Crippen LogP contribution in [-0.4, -0.2) is 31.1 Å². The van der Waals surface area contributed by atoms with Gasteiger partial charge in [-0.05, 0) is 25.3 Å². The second kappa shape index (κ2) is 9.72. The number of aliphatic imine (C=N–C) groups is 1. The summed E-state index contributed by atoms with van der Waals surface area (Å²) in [6, 6.07) is 4.29. The average molecular weight is 478 g/mol. The van der Waals surface area contributed by atoms with Crippen molar-refractivity contribution in [3.05, 3.63) is 38.0 Å². The van der Waals surface area contributed by atoms with Gasteiger partial charge in [-0.1, -0.05) is 19.9 Å². The maximum absolute atomic E-state index is 4.57. The summed E-state index contributed by atoms with van der Waals surface area (Å²) in [7, 11) is 1.81. The maximum atomic E-state index is 4.57. The van der Waals surface area contributed by atoms with E-state index < -0.39 is 0 Å². The van der Waals surface area contributed by atoms with Gasteiger partial charge in [0.2, 0.25) is 0 Å². The zero-order valence-electron chi connectivity index (χ0n) is 15.0. The van der Waals surface area contributed by atoms with Gasteiger partial charge in [-0.2, -0.15) is 0 Å². The summed E-state index contributed by atoms with van der Waals surface area (Å²) >= 11 is 3.58. The van der Waals surface area contributed by atoms with Crippen LogP contribution in [0.1, 0.15) is 34.3 Å². The molecule has 0 aliphatic rings. The van der Waals surface area contributed by atoms with Gasteiger partial charge in [-0.15, -0.1) is 46.7 Å². The van der Waals surface area contributed by atoms with E-state index in [-0.39, 0.29) is 29.4 Å². The largest absolute Gasteiger partial charge is 0.356 e. The van der Waals surface area contributed by atoms with E-state index in [0.29, 0.717) is 0 Å². The smallest absolute Gasteiger partial charge is 0.191 e. The second-order valence-corrected chi connectivity index (χ2v) is 8.45. The van der Waals surface area contributed by atoms with Crippen LogP contribution in [0.2, 0.25) is 0 Å². The third-order valence-corrected chi connectivity index (χ3v) is 6.18. The lowest BCUT2D eigenvalue weighted by molar-refractivity contribution is 0.518. The molecule has 4 nitrogen and oxygen atoms in total. The van der Waals surface area contributed by atoms with E-state index in [0.717, 1.165) is 31.2 Å². The molecule has 0 aliphatic heterocycles. The molecule has 0 bridgehead atoms. The molecule has 2 aromatic rings. The first kappa shape index (κ1) is 21.4. The number of aromatic nitrogens is 1. The van der Waals surface area contributed by atoms with Crippen LogP contribution in [0, 0.1) is 13.8 Å². The van der Waals surface area contributed by atoms with Gasteiger partial charge in [0, 0.05) is 41.7 Å². The van der Waals surface area contributed by atoms with Crippen molar-refractivity contribution in [3.8, 4) is 0 Å². The number of thiazole rings is 1. The summed E-state index contributed by atoms with van der Waals surface area (Å²) in [5.41, 5.74) is 1.24. The Labute approximate surface area is 170 Å². The fourth-order valence-electron chi connectivity index (χ4n) is 2.21. The van der Waals surface area contributed by atoms with Crippen LogP contribution in [0.25, 0.3) is 0 Å². The van der Waals surface area contributed by atoms with Gasteiger partial charge in [-0.25, -0.2) is 4.98 Å². The Kier molecular flexibility index (Phi) is 8.66. The van der Waals surface area contributed by atoms with Crippen LogP contribution in [0.15, 0.2) is 22.5 Å². The Morgan fingerprint density at radius 2 is 2.04 bits per heavy atom. The van der Waals surface area contributed by atoms with Gasteiger partial charge in [0.15, 0.2) is 5.96 Å². The molecule has 0 aromatic carbocycles. The summed E-state index contributed by atoms with van der Waals surface area (Å²) in [6.07, 6.45) is 0.925. The van der Waals surface area contributed by atoms with Crippen LogP contribution < -0.4 is 10.6 Å². The number of halogens is 1. The number of nitrogens with one attached hydrogen (secondary N) is 2. The van der Waals surface area contributed by atoms with Crippen LogP contribution in [-0.2, 0) is 11.8 Å². The van der Waals surface area contributed by atoms with Crippen molar-refractivity contribution in [3.63, 3.8) is 0 Å². The SMILES string of the molecule is CN=C(NCCc1nc(C)c(C)s1)NCC(C)(C)c1cccs1.I. The normalized spacial score (nSPS) is 12.0. The molecule has 2 heterocycles. The van der Waals surface area contributed by atoms with E-state index in [4.69, 9.17) is 0 Å². The summed E-state index contributed by atoms with van der Waals surface area (Å²) < 4.78 is 0. The highest BCUT2D eigenvalue weighted by molar-refractivity contribution is 14.0. The van der Waals surface area contributed by atoms with Crippen LogP contribution in [0.4, 0.5) is 0 Å². The Morgan fingerprint density at radius 1 is 1.29 bits per heavy atom. The van der Waals surface area contributed by atoms with Crippen LogP contribution >= 0.6 is 46.7 Å². The zero-order chi connectivity index (χ0) is 16.9. The molecule has 7 heteroatoms. The topological polar surface area (TPSA) is 49.3 Å². The molecule has 2 rings (SSSR count). The van der Waals surface area contributed by atoms with Crippen molar-refractivity contribution in [1.29, 1.82) is 0 Å². The molecular weight excluding hydrogens is 451 g/mol. The highest BCUT2D eigenvalue weighted by Gasteiger charge is 2.21. The fraction of sp³-hybridized carbons (Fsp3) is 0.529. The minimum atomic E-state index is 0. The van der Waals surface area contributed by atoms with Gasteiger partial charge >= 0.3 is 0 Å². The number of aryl methyl sites for hydroxylation is 2. The van der Waals surface area contributed by atoms with Crippen molar-refractivity contribution < 1.29 is 0 Å². The predicted molar refractivity (Wildman–Crippen MR) is 117 cm³/mol. The van der Waals surface area contributed by atoms with Gasteiger partial charge < -0.3 is 10.6 Å². The summed E-state index contributed by atoms with van der Waals surface area (Å²) in [6.45, 7) is 10.4. The van der Waals surface area contributed by atoms with E-state index in [9.17, 15) is 0 Å². The zero-order valence-corrected chi connectivity index (χ0v) is 18.9. The Bertz CT molecular complexity index is 628. The second-order valence-electron chi connectivity index (χ2n) is 6.21. The summed E-state index contributed by atoms with van der Waals surface area (Å²) in [5.74, 6) is 0.847. The standard InChI is InChI=1S/C17H26N4S2.HI/c1-12-13(2)23-15(21-12)8-9-19-16(18-5)20-11-17(3,4)14-7-6-10-22-14;/h6-7,10H,8-9,11H2,1-5H3,(H2,18,19,20);1H. The quantitative estimate of drug-likeness (QED) is 0.373. The van der Waals surface area contributed by atoms with Gasteiger partial charge in [0.25, 0.3) is 0 Å². The Balaban J connectivity index is 0.00000288. The van der Waals surface area contributed by atoms with Crippen LogP contribution in [0.3, 0.4) is 0 Å². The van der Waals surface area contributed by atoms with E-state index in [2.05, 4.69) is 65.8 Å². The van der Waals surface area contributed by atoms with E-state index in [1.807, 2.05) is 7.05 Å². The fourth-order valence-corrected chi connectivity index (χ4v) is 4.00. The highest BCUT2D eigenvalue weighted by Crippen LogP contribution is 2.26. The molecule has 24 heavy (non-hydrogen) atoms. The van der Waals surface area contributed by atoms with Crippen molar-refractivity contribution in [2.75, 3.05) is 20.1 Å². The van der Waals surface area contributed by atoms with Crippen molar-refractivity contribution in [1.82, 2.24) is 15.6 Å². The minimum absolute atomic E-state index is 0. The molecule has 0 atom stereocenters. The third kappa shape index (κ3) is 6.00. The first-order valence-corrected chi connectivity index (χ1v) is 9.53. The minimum Gasteiger partial charge on any atom is -0.356 e. The lowest BCUT2D eigenvalue weighted by atomic mass is 9.91. The number of hydrogen-bond acceptors (Lipinski definition) is 4. The van der Waals surface area contributed by atoms with E-state index in [1.54, 1.807) is 22.7 Å². The Morgan fingerprint density at radius 3 is 2.58 bits per heavy atom. The number of nitrogens with zero attached hydrogens (tertiary/aromatic N) is 2. The first-order chi connectivity index (χ1) is 10.9. The molecule has 2 aromatic heterocycles. The molecule has 0 saturated heterocycles.